The van der Waals surface area contributed by atoms with Crippen molar-refractivity contribution in [2.75, 3.05) is 0 Å². The van der Waals surface area contributed by atoms with E-state index in [1.165, 1.54) is 24.3 Å². The molecule has 0 bridgehead atoms. The van der Waals surface area contributed by atoms with Crippen molar-refractivity contribution in [3.8, 4) is 11.1 Å². The Bertz CT molecular complexity index is 532. The number of carbonyl (C=O) groups is 2. The van der Waals surface area contributed by atoms with E-state index in [4.69, 9.17) is 0 Å². The zero-order valence-electron chi connectivity index (χ0n) is 9.55. The summed E-state index contributed by atoms with van der Waals surface area (Å²) in [5.41, 5.74) is 1.80. The van der Waals surface area contributed by atoms with Crippen LogP contribution >= 0.6 is 0 Å². The number of hydrogen-bond donors (Lipinski definition) is 0. The molecule has 2 aromatic carbocycles. The summed E-state index contributed by atoms with van der Waals surface area (Å²) in [7, 11) is 0. The fraction of sp³-hybridized carbons (Fsp3) is 0. The van der Waals surface area contributed by atoms with Crippen LogP contribution in [0.3, 0.4) is 0 Å². The second kappa shape index (κ2) is 6.18. The minimum atomic E-state index is -1.23. The number of benzene rings is 2. The molecule has 19 heavy (non-hydrogen) atoms. The van der Waals surface area contributed by atoms with E-state index in [-0.39, 0.29) is 28.2 Å². The molecule has 0 aliphatic rings. The first-order chi connectivity index (χ1) is 8.58. The van der Waals surface area contributed by atoms with Crippen molar-refractivity contribution in [2.24, 2.45) is 0 Å². The van der Waals surface area contributed by atoms with Crippen molar-refractivity contribution < 1.29 is 36.9 Å². The van der Waals surface area contributed by atoms with Crippen LogP contribution in [0.2, 0.25) is 0 Å². The van der Waals surface area contributed by atoms with Gasteiger partial charge < -0.3 is 19.8 Å². The zero-order valence-corrected chi connectivity index (χ0v) is 10.5. The van der Waals surface area contributed by atoms with Crippen molar-refractivity contribution in [2.45, 2.75) is 0 Å². The molecule has 0 aliphatic carbocycles. The van der Waals surface area contributed by atoms with E-state index < -0.39 is 11.9 Å². The van der Waals surface area contributed by atoms with Crippen LogP contribution in [-0.2, 0) is 17.1 Å². The smallest absolute Gasteiger partial charge is 0.545 e. The molecule has 0 heterocycles. The molecule has 0 saturated carbocycles. The topological polar surface area (TPSA) is 80.3 Å². The van der Waals surface area contributed by atoms with Crippen molar-refractivity contribution in [1.29, 1.82) is 0 Å². The van der Waals surface area contributed by atoms with Gasteiger partial charge in [0.25, 0.3) is 0 Å². The van der Waals surface area contributed by atoms with E-state index in [2.05, 4.69) is 0 Å². The molecule has 4 nitrogen and oxygen atoms in total. The number of rotatable bonds is 3. The second-order valence-electron chi connectivity index (χ2n) is 3.73. The monoisotopic (exact) mass is 303 g/mol. The summed E-state index contributed by atoms with van der Waals surface area (Å²) in [4.78, 5) is 21.2. The summed E-state index contributed by atoms with van der Waals surface area (Å²) >= 11 is 0. The molecule has 0 aliphatic heterocycles. The van der Waals surface area contributed by atoms with Gasteiger partial charge in [-0.1, -0.05) is 48.5 Å². The quantitative estimate of drug-likeness (QED) is 0.752. The maximum atomic E-state index is 10.6. The van der Waals surface area contributed by atoms with Crippen molar-refractivity contribution >= 4 is 11.9 Å². The predicted octanol–water partition coefficient (Wildman–Crippen LogP) is 0.0781. The van der Waals surface area contributed by atoms with Gasteiger partial charge in [-0.2, -0.15) is 0 Å². The van der Waals surface area contributed by atoms with Gasteiger partial charge in [0.1, 0.15) is 0 Å². The molecule has 2 aromatic rings. The standard InChI is InChI=1S/C14H10O4.Cu/c15-13(16)11-5-1-9(2-6-11)10-3-7-12(8-4-10)14(17)18;/h1-8H,(H,15,16)(H,17,18);/q;+2/p-2. The first kappa shape index (κ1) is 15.0. The number of carboxylic acid groups (broad SMARTS) is 2. The maximum Gasteiger partial charge on any atom is 2.00 e. The number of carboxylic acids is 2. The minimum absolute atomic E-state index is 0. The summed E-state index contributed by atoms with van der Waals surface area (Å²) < 4.78 is 0. The third-order valence-corrected chi connectivity index (χ3v) is 2.57. The summed E-state index contributed by atoms with van der Waals surface area (Å²) in [6.45, 7) is 0. The molecular weight excluding hydrogens is 296 g/mol. The largest absolute Gasteiger partial charge is 2.00 e. The van der Waals surface area contributed by atoms with Gasteiger partial charge in [-0.15, -0.1) is 0 Å². The molecule has 0 amide bonds. The number of hydrogen-bond acceptors (Lipinski definition) is 4. The second-order valence-corrected chi connectivity index (χ2v) is 3.73. The molecule has 0 N–H and O–H groups in total. The van der Waals surface area contributed by atoms with Gasteiger partial charge in [-0.05, 0) is 22.3 Å². The van der Waals surface area contributed by atoms with Crippen LogP contribution in [0, 0.1) is 0 Å². The first-order valence-corrected chi connectivity index (χ1v) is 5.21. The Morgan fingerprint density at radius 1 is 0.632 bits per heavy atom. The molecule has 0 fully saturated rings. The fourth-order valence-corrected chi connectivity index (χ4v) is 1.60. The molecule has 0 saturated heterocycles. The Kier molecular flexibility index (Phi) is 4.87. The number of carbonyl (C=O) groups excluding carboxylic acids is 2. The van der Waals surface area contributed by atoms with Crippen LogP contribution in [0.15, 0.2) is 48.5 Å². The Hall–Kier alpha value is -2.10. The molecule has 0 aromatic heterocycles. The van der Waals surface area contributed by atoms with Gasteiger partial charge in [0.05, 0.1) is 11.9 Å². The van der Waals surface area contributed by atoms with Crippen molar-refractivity contribution in [3.63, 3.8) is 0 Å². The Morgan fingerprint density at radius 2 is 0.895 bits per heavy atom. The normalized spacial score (nSPS) is 9.47. The molecule has 0 spiro atoms. The van der Waals surface area contributed by atoms with Crippen molar-refractivity contribution in [3.05, 3.63) is 59.7 Å². The van der Waals surface area contributed by atoms with Gasteiger partial charge in [-0.25, -0.2) is 0 Å². The van der Waals surface area contributed by atoms with Gasteiger partial charge in [0.15, 0.2) is 0 Å². The summed E-state index contributed by atoms with van der Waals surface area (Å²) in [5, 5.41) is 21.2. The Balaban J connectivity index is 0.00000180. The Labute approximate surface area is 120 Å². The molecule has 5 heteroatoms. The average molecular weight is 304 g/mol. The molecule has 0 unspecified atom stereocenters. The maximum absolute atomic E-state index is 10.6. The Morgan fingerprint density at radius 3 is 1.11 bits per heavy atom. The minimum Gasteiger partial charge on any atom is -0.545 e. The molecule has 99 valence electrons. The zero-order chi connectivity index (χ0) is 13.1. The number of aromatic carboxylic acids is 2. The SMILES string of the molecule is O=C([O-])c1ccc(-c2ccc(C(=O)[O-])cc2)cc1.[Cu+2]. The van der Waals surface area contributed by atoms with Crippen LogP contribution < -0.4 is 10.2 Å². The van der Waals surface area contributed by atoms with E-state index in [0.717, 1.165) is 11.1 Å². The van der Waals surface area contributed by atoms with E-state index in [9.17, 15) is 19.8 Å². The third kappa shape index (κ3) is 3.44. The van der Waals surface area contributed by atoms with Gasteiger partial charge >= 0.3 is 17.1 Å². The van der Waals surface area contributed by atoms with Gasteiger partial charge in [0, 0.05) is 0 Å². The van der Waals surface area contributed by atoms with E-state index in [0.29, 0.717) is 0 Å². The molecule has 2 rings (SSSR count). The first-order valence-electron chi connectivity index (χ1n) is 5.21. The van der Waals surface area contributed by atoms with Gasteiger partial charge in [0.2, 0.25) is 0 Å². The molecular formula is C14H8CuO4. The molecule has 0 atom stereocenters. The fourth-order valence-electron chi connectivity index (χ4n) is 1.60. The van der Waals surface area contributed by atoms with Crippen LogP contribution in [-0.4, -0.2) is 11.9 Å². The van der Waals surface area contributed by atoms with E-state index in [1.54, 1.807) is 24.3 Å². The summed E-state index contributed by atoms with van der Waals surface area (Å²) in [5.74, 6) is -2.46. The average Bonchev–Trinajstić information content (AvgIpc) is 2.39. The van der Waals surface area contributed by atoms with Crippen LogP contribution in [0.5, 0.6) is 0 Å². The molecule has 1 radical (unpaired) electrons. The summed E-state index contributed by atoms with van der Waals surface area (Å²) in [6.07, 6.45) is 0. The van der Waals surface area contributed by atoms with Crippen LogP contribution in [0.4, 0.5) is 0 Å². The van der Waals surface area contributed by atoms with Gasteiger partial charge in [-0.3, -0.25) is 0 Å². The van der Waals surface area contributed by atoms with Crippen molar-refractivity contribution in [1.82, 2.24) is 0 Å². The van der Waals surface area contributed by atoms with E-state index in [1.807, 2.05) is 0 Å². The third-order valence-electron chi connectivity index (χ3n) is 2.57. The predicted molar refractivity (Wildman–Crippen MR) is 60.5 cm³/mol. The summed E-state index contributed by atoms with van der Waals surface area (Å²) in [6, 6.07) is 12.3. The van der Waals surface area contributed by atoms with Crippen LogP contribution in [0.1, 0.15) is 20.7 Å². The van der Waals surface area contributed by atoms with Crippen LogP contribution in [0.25, 0.3) is 11.1 Å². The van der Waals surface area contributed by atoms with E-state index >= 15 is 0 Å².